The quantitative estimate of drug-likeness (QED) is 0.675. The van der Waals surface area contributed by atoms with E-state index in [0.717, 1.165) is 5.69 Å². The van der Waals surface area contributed by atoms with Crippen LogP contribution in [-0.2, 0) is 0 Å². The summed E-state index contributed by atoms with van der Waals surface area (Å²) < 4.78 is 2.26. The van der Waals surface area contributed by atoms with Crippen LogP contribution in [0.5, 0.6) is 0 Å². The predicted molar refractivity (Wildman–Crippen MR) is 51.3 cm³/mol. The lowest BCUT2D eigenvalue weighted by Gasteiger charge is -2.13. The minimum atomic E-state index is 0.594. The molecule has 0 saturated carbocycles. The van der Waals surface area contributed by atoms with Gasteiger partial charge in [0.1, 0.15) is 0 Å². The molecule has 0 N–H and O–H groups in total. The fraction of sp³-hybridized carbons (Fsp3) is 0.700. The van der Waals surface area contributed by atoms with Crippen LogP contribution in [0.4, 0.5) is 0 Å². The van der Waals surface area contributed by atoms with Gasteiger partial charge in [-0.15, -0.1) is 0 Å². The van der Waals surface area contributed by atoms with Crippen molar-refractivity contribution < 1.29 is 0 Å². The molecule has 0 spiro atoms. The minimum absolute atomic E-state index is 0.594. The average Bonchev–Trinajstić information content (AvgIpc) is 2.34. The summed E-state index contributed by atoms with van der Waals surface area (Å²) in [6.45, 7) is 8.66. The first-order valence-electron chi connectivity index (χ1n) is 4.66. The van der Waals surface area contributed by atoms with Gasteiger partial charge in [-0.3, -0.25) is 0 Å². The van der Waals surface area contributed by atoms with Crippen molar-refractivity contribution in [2.75, 3.05) is 0 Å². The zero-order valence-corrected chi connectivity index (χ0v) is 8.46. The maximum atomic E-state index is 4.28. The third kappa shape index (κ3) is 1.68. The lowest BCUT2D eigenvalue weighted by atomic mass is 10.2. The highest BCUT2D eigenvalue weighted by atomic mass is 15.1. The van der Waals surface area contributed by atoms with E-state index in [0.29, 0.717) is 6.04 Å². The van der Waals surface area contributed by atoms with Gasteiger partial charge in [0, 0.05) is 11.7 Å². The van der Waals surface area contributed by atoms with Crippen molar-refractivity contribution in [1.82, 2.24) is 9.55 Å². The zero-order valence-electron chi connectivity index (χ0n) is 8.46. The van der Waals surface area contributed by atoms with Crippen LogP contribution in [0.2, 0.25) is 0 Å². The summed E-state index contributed by atoms with van der Waals surface area (Å²) in [4.78, 5) is 4.28. The lowest BCUT2D eigenvalue weighted by Crippen LogP contribution is -2.05. The summed E-state index contributed by atoms with van der Waals surface area (Å²) in [5.74, 6) is 0. The van der Waals surface area contributed by atoms with Crippen molar-refractivity contribution in [3.05, 3.63) is 17.7 Å². The molecular weight excluding hydrogens is 148 g/mol. The van der Waals surface area contributed by atoms with Gasteiger partial charge in [-0.05, 0) is 27.2 Å². The Bertz CT molecular complexity index is 250. The summed E-state index contributed by atoms with van der Waals surface area (Å²) in [6.07, 6.45) is 4.42. The van der Waals surface area contributed by atoms with Gasteiger partial charge in [0.15, 0.2) is 0 Å². The SMILES string of the molecule is CCCC(C)n1cnc(C)c1C. The molecule has 0 amide bonds. The van der Waals surface area contributed by atoms with Gasteiger partial charge in [0.2, 0.25) is 0 Å². The molecule has 68 valence electrons. The Morgan fingerprint density at radius 1 is 1.50 bits per heavy atom. The minimum Gasteiger partial charge on any atom is -0.332 e. The van der Waals surface area contributed by atoms with E-state index >= 15 is 0 Å². The van der Waals surface area contributed by atoms with Crippen molar-refractivity contribution >= 4 is 0 Å². The maximum Gasteiger partial charge on any atom is 0.0953 e. The van der Waals surface area contributed by atoms with Crippen molar-refractivity contribution in [1.29, 1.82) is 0 Å². The smallest absolute Gasteiger partial charge is 0.0953 e. The lowest BCUT2D eigenvalue weighted by molar-refractivity contribution is 0.491. The number of imidazole rings is 1. The molecule has 0 aromatic carbocycles. The first-order chi connectivity index (χ1) is 5.66. The van der Waals surface area contributed by atoms with Crippen LogP contribution in [0, 0.1) is 13.8 Å². The van der Waals surface area contributed by atoms with E-state index < -0.39 is 0 Å². The summed E-state index contributed by atoms with van der Waals surface area (Å²) in [5.41, 5.74) is 2.45. The Balaban J connectivity index is 2.80. The van der Waals surface area contributed by atoms with Gasteiger partial charge in [-0.1, -0.05) is 13.3 Å². The summed E-state index contributed by atoms with van der Waals surface area (Å²) in [5, 5.41) is 0. The van der Waals surface area contributed by atoms with Crippen molar-refractivity contribution in [2.24, 2.45) is 0 Å². The molecule has 2 nitrogen and oxygen atoms in total. The third-order valence-corrected chi connectivity index (χ3v) is 2.47. The fourth-order valence-electron chi connectivity index (χ4n) is 1.52. The molecule has 1 rings (SSSR count). The summed E-state index contributed by atoms with van der Waals surface area (Å²) in [6, 6.07) is 0.594. The Labute approximate surface area is 74.6 Å². The van der Waals surface area contributed by atoms with E-state index in [1.165, 1.54) is 18.5 Å². The van der Waals surface area contributed by atoms with Crippen LogP contribution in [-0.4, -0.2) is 9.55 Å². The maximum absolute atomic E-state index is 4.28. The highest BCUT2D eigenvalue weighted by molar-refractivity contribution is 5.09. The molecule has 0 fully saturated rings. The van der Waals surface area contributed by atoms with Gasteiger partial charge in [0.05, 0.1) is 12.0 Å². The second-order valence-corrected chi connectivity index (χ2v) is 3.46. The van der Waals surface area contributed by atoms with Crippen LogP contribution in [0.25, 0.3) is 0 Å². The average molecular weight is 166 g/mol. The first-order valence-corrected chi connectivity index (χ1v) is 4.66. The van der Waals surface area contributed by atoms with Crippen LogP contribution in [0.1, 0.15) is 44.1 Å². The Morgan fingerprint density at radius 2 is 2.17 bits per heavy atom. The van der Waals surface area contributed by atoms with E-state index in [9.17, 15) is 0 Å². The summed E-state index contributed by atoms with van der Waals surface area (Å²) in [7, 11) is 0. The Hall–Kier alpha value is -0.790. The molecule has 0 saturated heterocycles. The number of rotatable bonds is 3. The van der Waals surface area contributed by atoms with E-state index in [1.54, 1.807) is 0 Å². The second-order valence-electron chi connectivity index (χ2n) is 3.46. The molecule has 1 atom stereocenters. The normalized spacial score (nSPS) is 13.3. The largest absolute Gasteiger partial charge is 0.332 e. The predicted octanol–water partition coefficient (Wildman–Crippen LogP) is 2.86. The van der Waals surface area contributed by atoms with E-state index in [2.05, 4.69) is 37.2 Å². The van der Waals surface area contributed by atoms with Crippen LogP contribution in [0.3, 0.4) is 0 Å². The van der Waals surface area contributed by atoms with Crippen LogP contribution < -0.4 is 0 Å². The molecule has 0 bridgehead atoms. The van der Waals surface area contributed by atoms with Gasteiger partial charge in [0.25, 0.3) is 0 Å². The van der Waals surface area contributed by atoms with Crippen molar-refractivity contribution in [3.63, 3.8) is 0 Å². The number of aryl methyl sites for hydroxylation is 1. The monoisotopic (exact) mass is 166 g/mol. The molecule has 2 heteroatoms. The van der Waals surface area contributed by atoms with Gasteiger partial charge in [-0.25, -0.2) is 4.98 Å². The van der Waals surface area contributed by atoms with Crippen LogP contribution in [0.15, 0.2) is 6.33 Å². The topological polar surface area (TPSA) is 17.8 Å². The molecule has 0 radical (unpaired) electrons. The second kappa shape index (κ2) is 3.74. The van der Waals surface area contributed by atoms with E-state index in [-0.39, 0.29) is 0 Å². The Morgan fingerprint density at radius 3 is 2.58 bits per heavy atom. The number of hydrogen-bond acceptors (Lipinski definition) is 1. The first kappa shape index (κ1) is 9.30. The fourth-order valence-corrected chi connectivity index (χ4v) is 1.52. The van der Waals surface area contributed by atoms with Crippen LogP contribution >= 0.6 is 0 Å². The third-order valence-electron chi connectivity index (χ3n) is 2.47. The molecule has 0 aliphatic heterocycles. The van der Waals surface area contributed by atoms with Gasteiger partial charge < -0.3 is 4.57 Å². The van der Waals surface area contributed by atoms with E-state index in [4.69, 9.17) is 0 Å². The molecular formula is C10H18N2. The molecule has 12 heavy (non-hydrogen) atoms. The standard InChI is InChI=1S/C10H18N2/c1-5-6-8(2)12-7-11-9(3)10(12)4/h7-8H,5-6H2,1-4H3. The van der Waals surface area contributed by atoms with Gasteiger partial charge >= 0.3 is 0 Å². The number of nitrogens with zero attached hydrogens (tertiary/aromatic N) is 2. The number of hydrogen-bond donors (Lipinski definition) is 0. The highest BCUT2D eigenvalue weighted by Gasteiger charge is 2.07. The molecule has 0 aliphatic carbocycles. The van der Waals surface area contributed by atoms with Crippen molar-refractivity contribution in [2.45, 2.75) is 46.6 Å². The number of aromatic nitrogens is 2. The summed E-state index contributed by atoms with van der Waals surface area (Å²) >= 11 is 0. The Kier molecular flexibility index (Phi) is 2.90. The highest BCUT2D eigenvalue weighted by Crippen LogP contribution is 2.16. The molecule has 1 aromatic rings. The molecule has 0 aliphatic rings. The molecule has 1 aromatic heterocycles. The van der Waals surface area contributed by atoms with E-state index in [1.807, 2.05) is 6.33 Å². The van der Waals surface area contributed by atoms with Gasteiger partial charge in [-0.2, -0.15) is 0 Å². The molecule has 1 unspecified atom stereocenters. The molecule has 1 heterocycles. The van der Waals surface area contributed by atoms with Crippen molar-refractivity contribution in [3.8, 4) is 0 Å². The zero-order chi connectivity index (χ0) is 9.14.